The Balaban J connectivity index is 2.73. The van der Waals surface area contributed by atoms with E-state index >= 15 is 0 Å². The van der Waals surface area contributed by atoms with E-state index in [1.165, 1.54) is 62.9 Å². The molecule has 0 aromatic carbocycles. The molecule has 0 rings (SSSR count). The van der Waals surface area contributed by atoms with Crippen molar-refractivity contribution < 1.29 is 0 Å². The molecule has 0 aliphatic rings. The van der Waals surface area contributed by atoms with Gasteiger partial charge >= 0.3 is 87.5 Å². The fraction of sp³-hybridized carbons (Fsp3) is 1.00. The van der Waals surface area contributed by atoms with Gasteiger partial charge in [0.15, 0.2) is 0 Å². The summed E-state index contributed by atoms with van der Waals surface area (Å²) in [5.41, 5.74) is 0. The second kappa shape index (κ2) is 11.6. The molecule has 12 heavy (non-hydrogen) atoms. The van der Waals surface area contributed by atoms with E-state index in [4.69, 9.17) is 0 Å². The fourth-order valence-corrected chi connectivity index (χ4v) is 1.56. The zero-order valence-electron chi connectivity index (χ0n) is 9.07. The first kappa shape index (κ1) is 12.6. The van der Waals surface area contributed by atoms with Gasteiger partial charge in [-0.1, -0.05) is 0 Å². The van der Waals surface area contributed by atoms with Gasteiger partial charge in [0.25, 0.3) is 0 Å². The SMILES string of the molecule is [Li][CH2]CCCCCCCCCC. The quantitative estimate of drug-likeness (QED) is 0.353. The van der Waals surface area contributed by atoms with Gasteiger partial charge in [-0.15, -0.1) is 0 Å². The van der Waals surface area contributed by atoms with E-state index in [2.05, 4.69) is 24.6 Å². The predicted octanol–water partition coefficient (Wildman–Crippen LogP) is 4.10. The molecule has 0 saturated carbocycles. The molecule has 0 heterocycles. The summed E-state index contributed by atoms with van der Waals surface area (Å²) in [5, 5.41) is 1.37. The van der Waals surface area contributed by atoms with Crippen molar-refractivity contribution >= 4 is 17.7 Å². The summed E-state index contributed by atoms with van der Waals surface area (Å²) in [7, 11) is 0. The molecule has 0 bridgehead atoms. The summed E-state index contributed by atoms with van der Waals surface area (Å²) < 4.78 is 0. The maximum atomic E-state index is 2.28. The molecule has 0 aromatic rings. The molecule has 68 valence electrons. The van der Waals surface area contributed by atoms with E-state index in [0.717, 1.165) is 0 Å². The Morgan fingerprint density at radius 3 is 1.50 bits per heavy atom. The van der Waals surface area contributed by atoms with Crippen LogP contribution in [0.1, 0.15) is 64.7 Å². The monoisotopic (exact) mass is 162 g/mol. The van der Waals surface area contributed by atoms with Crippen molar-refractivity contribution in [3.8, 4) is 0 Å². The van der Waals surface area contributed by atoms with E-state index in [9.17, 15) is 0 Å². The zero-order valence-corrected chi connectivity index (χ0v) is 9.07. The van der Waals surface area contributed by atoms with E-state index in [1.54, 1.807) is 0 Å². The van der Waals surface area contributed by atoms with Crippen molar-refractivity contribution in [3.05, 3.63) is 0 Å². The Kier molecular flexibility index (Phi) is 12.2. The minimum atomic E-state index is 1.37. The molecule has 0 atom stereocenters. The summed E-state index contributed by atoms with van der Waals surface area (Å²) in [6.07, 6.45) is 13.1. The standard InChI is InChI=1S/C11H23.Li/c1-3-5-7-9-11-10-8-6-4-2;/h1,3-11H2,2H3;. The van der Waals surface area contributed by atoms with Gasteiger partial charge in [0, 0.05) is 0 Å². The summed E-state index contributed by atoms with van der Waals surface area (Å²) in [5.74, 6) is 0. The Labute approximate surface area is 87.7 Å². The third-order valence-electron chi connectivity index (χ3n) is 2.46. The molecule has 0 saturated heterocycles. The van der Waals surface area contributed by atoms with E-state index < -0.39 is 0 Å². The van der Waals surface area contributed by atoms with Crippen molar-refractivity contribution in [1.29, 1.82) is 0 Å². The van der Waals surface area contributed by atoms with Crippen LogP contribution in [0.5, 0.6) is 0 Å². The van der Waals surface area contributed by atoms with Crippen LogP contribution >= 0.6 is 0 Å². The van der Waals surface area contributed by atoms with Crippen LogP contribution in [0, 0.1) is 0 Å². The fourth-order valence-electron chi connectivity index (χ4n) is 1.56. The summed E-state index contributed by atoms with van der Waals surface area (Å²) in [6.45, 7) is 2.28. The second-order valence-electron chi connectivity index (χ2n) is 3.83. The van der Waals surface area contributed by atoms with Crippen LogP contribution in [-0.2, 0) is 0 Å². The van der Waals surface area contributed by atoms with Crippen molar-refractivity contribution in [2.75, 3.05) is 0 Å². The van der Waals surface area contributed by atoms with Crippen molar-refractivity contribution in [2.45, 2.75) is 69.8 Å². The Bertz CT molecular complexity index is 61.4. The molecule has 1 heteroatoms. The van der Waals surface area contributed by atoms with E-state index in [-0.39, 0.29) is 0 Å². The molecule has 0 aliphatic heterocycles. The van der Waals surface area contributed by atoms with E-state index in [1.807, 2.05) is 0 Å². The van der Waals surface area contributed by atoms with Crippen LogP contribution < -0.4 is 0 Å². The molecule has 0 spiro atoms. The molecule has 0 amide bonds. The predicted molar refractivity (Wildman–Crippen MR) is 57.8 cm³/mol. The van der Waals surface area contributed by atoms with Gasteiger partial charge < -0.3 is 0 Å². The average molecular weight is 162 g/mol. The second-order valence-corrected chi connectivity index (χ2v) is 3.83. The van der Waals surface area contributed by atoms with E-state index in [0.29, 0.717) is 0 Å². The van der Waals surface area contributed by atoms with Gasteiger partial charge in [-0.25, -0.2) is 0 Å². The van der Waals surface area contributed by atoms with Crippen LogP contribution in [0.3, 0.4) is 0 Å². The summed E-state index contributed by atoms with van der Waals surface area (Å²) in [6, 6.07) is 0. The van der Waals surface area contributed by atoms with Crippen LogP contribution in [-0.4, -0.2) is 17.7 Å². The van der Waals surface area contributed by atoms with Gasteiger partial charge in [0.1, 0.15) is 0 Å². The van der Waals surface area contributed by atoms with Crippen molar-refractivity contribution in [3.63, 3.8) is 0 Å². The van der Waals surface area contributed by atoms with Crippen LogP contribution in [0.15, 0.2) is 0 Å². The van der Waals surface area contributed by atoms with Gasteiger partial charge in [0.05, 0.1) is 0 Å². The number of hydrogen-bond donors (Lipinski definition) is 0. The van der Waals surface area contributed by atoms with Gasteiger partial charge in [0.2, 0.25) is 0 Å². The molecule has 0 aromatic heterocycles. The number of unbranched alkanes of at least 4 members (excludes halogenated alkanes) is 8. The number of rotatable bonds is 9. The van der Waals surface area contributed by atoms with Gasteiger partial charge in [-0.2, -0.15) is 0 Å². The molecule has 0 unspecified atom stereocenters. The maximum absolute atomic E-state index is 2.28. The Morgan fingerprint density at radius 2 is 1.08 bits per heavy atom. The van der Waals surface area contributed by atoms with Crippen molar-refractivity contribution in [2.24, 2.45) is 0 Å². The third-order valence-corrected chi connectivity index (χ3v) is 2.46. The average Bonchev–Trinajstić information content (AvgIpc) is 2.10. The summed E-state index contributed by atoms with van der Waals surface area (Å²) in [4.78, 5) is 0. The minimum absolute atomic E-state index is 1.37. The molecular formula is C11H23Li. The Morgan fingerprint density at radius 1 is 0.667 bits per heavy atom. The molecular weight excluding hydrogens is 139 g/mol. The Hall–Kier alpha value is 0.597. The van der Waals surface area contributed by atoms with Crippen LogP contribution in [0.25, 0.3) is 0 Å². The molecule has 0 nitrogen and oxygen atoms in total. The first-order valence-corrected chi connectivity index (χ1v) is 5.91. The van der Waals surface area contributed by atoms with Crippen LogP contribution in [0.2, 0.25) is 5.09 Å². The van der Waals surface area contributed by atoms with Crippen LogP contribution in [0.4, 0.5) is 0 Å². The third kappa shape index (κ3) is 10.6. The first-order valence-electron chi connectivity index (χ1n) is 5.91. The van der Waals surface area contributed by atoms with Crippen molar-refractivity contribution in [1.82, 2.24) is 0 Å². The molecule has 0 aliphatic carbocycles. The summed E-state index contributed by atoms with van der Waals surface area (Å²) >= 11 is 2.28. The number of hydrogen-bond acceptors (Lipinski definition) is 0. The molecule has 0 fully saturated rings. The topological polar surface area (TPSA) is 0 Å². The zero-order chi connectivity index (χ0) is 9.07. The van der Waals surface area contributed by atoms with Gasteiger partial charge in [-0.05, 0) is 0 Å². The molecule has 0 radical (unpaired) electrons. The molecule has 0 N–H and O–H groups in total. The normalized spacial score (nSPS) is 10.6. The first-order chi connectivity index (χ1) is 5.91. The van der Waals surface area contributed by atoms with Gasteiger partial charge in [-0.3, -0.25) is 0 Å².